The zero-order valence-electron chi connectivity index (χ0n) is 13.1. The number of aromatic nitrogens is 4. The lowest BCUT2D eigenvalue weighted by Crippen LogP contribution is -2.37. The van der Waals surface area contributed by atoms with Gasteiger partial charge in [0.15, 0.2) is 0 Å². The van der Waals surface area contributed by atoms with E-state index in [2.05, 4.69) is 10.1 Å². The van der Waals surface area contributed by atoms with Gasteiger partial charge in [0, 0.05) is 32.2 Å². The fourth-order valence-corrected chi connectivity index (χ4v) is 3.12. The van der Waals surface area contributed by atoms with Crippen molar-refractivity contribution in [2.24, 2.45) is 0 Å². The van der Waals surface area contributed by atoms with Gasteiger partial charge in [0.25, 0.3) is 5.91 Å². The average Bonchev–Trinajstić information content (AvgIpc) is 3.15. The van der Waals surface area contributed by atoms with Crippen molar-refractivity contribution in [3.05, 3.63) is 53.2 Å². The summed E-state index contributed by atoms with van der Waals surface area (Å²) in [6.07, 6.45) is 5.06. The van der Waals surface area contributed by atoms with Crippen LogP contribution in [0.1, 0.15) is 16.2 Å². The molecule has 1 amide bonds. The second kappa shape index (κ2) is 5.92. The molecule has 3 aromatic heterocycles. The van der Waals surface area contributed by atoms with Crippen LogP contribution in [0.3, 0.4) is 0 Å². The summed E-state index contributed by atoms with van der Waals surface area (Å²) in [5.74, 6) is -0.133. The Labute approximate surface area is 143 Å². The zero-order valence-corrected chi connectivity index (χ0v) is 13.8. The molecule has 24 heavy (non-hydrogen) atoms. The minimum atomic E-state index is -0.133. The van der Waals surface area contributed by atoms with E-state index in [1.165, 1.54) is 0 Å². The van der Waals surface area contributed by atoms with Gasteiger partial charge in [0.1, 0.15) is 11.3 Å². The molecule has 1 aliphatic rings. The lowest BCUT2D eigenvalue weighted by Gasteiger charge is -2.22. The van der Waals surface area contributed by atoms with Crippen LogP contribution in [0.15, 0.2) is 36.8 Å². The van der Waals surface area contributed by atoms with Gasteiger partial charge >= 0.3 is 0 Å². The summed E-state index contributed by atoms with van der Waals surface area (Å²) >= 11 is 5.99. The van der Waals surface area contributed by atoms with E-state index >= 15 is 0 Å². The number of ether oxygens (including phenoxy) is 1. The predicted octanol–water partition coefficient (Wildman–Crippen LogP) is 1.86. The molecule has 8 heteroatoms. The first-order valence-corrected chi connectivity index (χ1v) is 7.99. The monoisotopic (exact) mass is 345 g/mol. The van der Waals surface area contributed by atoms with Crippen LogP contribution in [0.2, 0.25) is 5.02 Å². The fourth-order valence-electron chi connectivity index (χ4n) is 2.95. The maximum absolute atomic E-state index is 12.9. The molecule has 0 N–H and O–H groups in total. The van der Waals surface area contributed by atoms with Gasteiger partial charge in [0.2, 0.25) is 0 Å². The summed E-state index contributed by atoms with van der Waals surface area (Å²) in [4.78, 5) is 19.1. The fraction of sp³-hybridized carbons (Fsp3) is 0.312. The standard InChI is InChI=1S/C16H16ClN5O2/c1-24-13-8-21(7-12-4-5-18-22(12)9-13)16(23)14-10-20-6-11(17)2-3-15(20)19-14/h2-6,10,13H,7-9H2,1H3/t13-/m1/s1. The SMILES string of the molecule is CO[C@@H]1CN(C(=O)c2cn3cc(Cl)ccc3n2)Cc2ccnn2C1. The molecule has 124 valence electrons. The topological polar surface area (TPSA) is 64.7 Å². The molecular formula is C16H16ClN5O2. The smallest absolute Gasteiger partial charge is 0.274 e. The number of rotatable bonds is 2. The summed E-state index contributed by atoms with van der Waals surface area (Å²) in [7, 11) is 1.65. The summed E-state index contributed by atoms with van der Waals surface area (Å²) in [6.45, 7) is 1.60. The molecule has 0 saturated heterocycles. The third-order valence-corrected chi connectivity index (χ3v) is 4.44. The van der Waals surface area contributed by atoms with Gasteiger partial charge in [-0.15, -0.1) is 0 Å². The highest BCUT2D eigenvalue weighted by atomic mass is 35.5. The predicted molar refractivity (Wildman–Crippen MR) is 88.0 cm³/mol. The highest BCUT2D eigenvalue weighted by Gasteiger charge is 2.27. The normalized spacial score (nSPS) is 17.8. The Hall–Kier alpha value is -2.38. The number of amides is 1. The Morgan fingerprint density at radius 3 is 3.00 bits per heavy atom. The van der Waals surface area contributed by atoms with Crippen LogP contribution in [0.4, 0.5) is 0 Å². The maximum atomic E-state index is 12.9. The molecular weight excluding hydrogens is 330 g/mol. The van der Waals surface area contributed by atoms with E-state index in [-0.39, 0.29) is 12.0 Å². The van der Waals surface area contributed by atoms with Crippen LogP contribution in [-0.2, 0) is 17.8 Å². The van der Waals surface area contributed by atoms with Crippen molar-refractivity contribution in [3.8, 4) is 0 Å². The number of carbonyl (C=O) groups is 1. The van der Waals surface area contributed by atoms with Crippen LogP contribution in [-0.4, -0.2) is 49.7 Å². The molecule has 0 unspecified atom stereocenters. The van der Waals surface area contributed by atoms with E-state index in [9.17, 15) is 4.79 Å². The van der Waals surface area contributed by atoms with Crippen LogP contribution in [0, 0.1) is 0 Å². The average molecular weight is 346 g/mol. The Bertz CT molecular complexity index is 903. The van der Waals surface area contributed by atoms with Crippen molar-refractivity contribution in [3.63, 3.8) is 0 Å². The number of hydrogen-bond acceptors (Lipinski definition) is 4. The number of halogens is 1. The van der Waals surface area contributed by atoms with Crippen molar-refractivity contribution in [1.82, 2.24) is 24.1 Å². The van der Waals surface area contributed by atoms with Crippen molar-refractivity contribution < 1.29 is 9.53 Å². The van der Waals surface area contributed by atoms with Gasteiger partial charge in [-0.1, -0.05) is 11.6 Å². The summed E-state index contributed by atoms with van der Waals surface area (Å²) in [5, 5.41) is 4.88. The second-order valence-corrected chi connectivity index (χ2v) is 6.22. The first-order valence-electron chi connectivity index (χ1n) is 7.61. The van der Waals surface area contributed by atoms with E-state index in [0.717, 1.165) is 5.69 Å². The van der Waals surface area contributed by atoms with Gasteiger partial charge in [0.05, 0.1) is 29.9 Å². The van der Waals surface area contributed by atoms with Gasteiger partial charge in [-0.05, 0) is 18.2 Å². The Balaban J connectivity index is 1.66. The van der Waals surface area contributed by atoms with E-state index in [4.69, 9.17) is 16.3 Å². The molecule has 0 fully saturated rings. The van der Waals surface area contributed by atoms with Gasteiger partial charge < -0.3 is 14.0 Å². The minimum Gasteiger partial charge on any atom is -0.378 e. The van der Waals surface area contributed by atoms with E-state index < -0.39 is 0 Å². The van der Waals surface area contributed by atoms with Crippen LogP contribution < -0.4 is 0 Å². The van der Waals surface area contributed by atoms with Gasteiger partial charge in [-0.25, -0.2) is 4.98 Å². The summed E-state index contributed by atoms with van der Waals surface area (Å²) in [6, 6.07) is 5.46. The van der Waals surface area contributed by atoms with Crippen molar-refractivity contribution >= 4 is 23.2 Å². The molecule has 0 aliphatic carbocycles. The molecule has 4 rings (SSSR count). The molecule has 1 atom stereocenters. The number of hydrogen-bond donors (Lipinski definition) is 0. The molecule has 0 bridgehead atoms. The van der Waals surface area contributed by atoms with Crippen molar-refractivity contribution in [2.75, 3.05) is 13.7 Å². The van der Waals surface area contributed by atoms with Crippen molar-refractivity contribution in [1.29, 1.82) is 0 Å². The van der Waals surface area contributed by atoms with Crippen LogP contribution in [0.25, 0.3) is 5.65 Å². The van der Waals surface area contributed by atoms with Gasteiger partial charge in [-0.3, -0.25) is 9.48 Å². The summed E-state index contributed by atoms with van der Waals surface area (Å²) < 4.78 is 9.13. The molecule has 7 nitrogen and oxygen atoms in total. The Morgan fingerprint density at radius 1 is 1.29 bits per heavy atom. The number of pyridine rings is 1. The molecule has 0 spiro atoms. The quantitative estimate of drug-likeness (QED) is 0.711. The number of imidazole rings is 1. The lowest BCUT2D eigenvalue weighted by molar-refractivity contribution is 0.0447. The number of fused-ring (bicyclic) bond motifs is 2. The first kappa shape index (κ1) is 15.2. The summed E-state index contributed by atoms with van der Waals surface area (Å²) in [5.41, 5.74) is 2.06. The van der Waals surface area contributed by atoms with Crippen LogP contribution in [0.5, 0.6) is 0 Å². The third kappa shape index (κ3) is 2.65. The first-order chi connectivity index (χ1) is 11.6. The molecule has 0 aromatic carbocycles. The molecule has 1 aliphatic heterocycles. The van der Waals surface area contributed by atoms with E-state index in [0.29, 0.717) is 36.0 Å². The van der Waals surface area contributed by atoms with E-state index in [1.54, 1.807) is 47.1 Å². The van der Waals surface area contributed by atoms with E-state index in [1.807, 2.05) is 10.7 Å². The van der Waals surface area contributed by atoms with Crippen LogP contribution >= 0.6 is 11.6 Å². The molecule has 4 heterocycles. The molecule has 0 saturated carbocycles. The highest BCUT2D eigenvalue weighted by Crippen LogP contribution is 2.17. The number of carbonyl (C=O) groups excluding carboxylic acids is 1. The lowest BCUT2D eigenvalue weighted by atomic mass is 10.3. The van der Waals surface area contributed by atoms with Crippen molar-refractivity contribution in [2.45, 2.75) is 19.2 Å². The van der Waals surface area contributed by atoms with Gasteiger partial charge in [-0.2, -0.15) is 5.10 Å². The Morgan fingerprint density at radius 2 is 2.17 bits per heavy atom. The Kier molecular flexibility index (Phi) is 3.74. The second-order valence-electron chi connectivity index (χ2n) is 5.79. The highest BCUT2D eigenvalue weighted by molar-refractivity contribution is 6.30. The number of nitrogens with zero attached hydrogens (tertiary/aromatic N) is 5. The molecule has 0 radical (unpaired) electrons. The minimum absolute atomic E-state index is 0.110. The maximum Gasteiger partial charge on any atom is 0.274 e. The molecule has 3 aromatic rings. The third-order valence-electron chi connectivity index (χ3n) is 4.21. The zero-order chi connectivity index (χ0) is 16.7. The number of methoxy groups -OCH3 is 1. The largest absolute Gasteiger partial charge is 0.378 e.